The van der Waals surface area contributed by atoms with Crippen molar-refractivity contribution in [2.45, 2.75) is 145 Å². The number of aromatic nitrogens is 1. The number of ether oxygens (including phenoxy) is 2. The number of sulfonamides is 1. The number of aryl methyl sites for hydroxylation is 1. The number of nitrogens with one attached hydrogen (secondary N) is 2. The van der Waals surface area contributed by atoms with Gasteiger partial charge in [0.1, 0.15) is 22.9 Å². The Morgan fingerprint density at radius 3 is 2.47 bits per heavy atom. The molecule has 1 aromatic heterocycles. The van der Waals surface area contributed by atoms with Crippen molar-refractivity contribution in [3.05, 3.63) is 47.7 Å². The number of hydrogen-bond donors (Lipinski definition) is 2. The molecule has 1 spiro atoms. The molecule has 324 valence electrons. The summed E-state index contributed by atoms with van der Waals surface area (Å²) in [6.45, 7) is 2.57. The lowest BCUT2D eigenvalue weighted by Gasteiger charge is -2.37. The monoisotopic (exact) mass is 854 g/mol. The van der Waals surface area contributed by atoms with Crippen LogP contribution < -0.4 is 14.8 Å². The predicted octanol–water partition coefficient (Wildman–Crippen LogP) is 6.76. The Morgan fingerprint density at radius 1 is 1.08 bits per heavy atom. The summed E-state index contributed by atoms with van der Waals surface area (Å²) in [6, 6.07) is 5.31. The number of alkyl halides is 5. The second-order valence-electron chi connectivity index (χ2n) is 17.2. The van der Waals surface area contributed by atoms with Crippen molar-refractivity contribution in [1.82, 2.24) is 19.9 Å². The van der Waals surface area contributed by atoms with Crippen molar-refractivity contribution in [2.75, 3.05) is 6.54 Å². The van der Waals surface area contributed by atoms with Crippen molar-refractivity contribution < 1.29 is 59.0 Å². The highest BCUT2D eigenvalue weighted by molar-refractivity contribution is 7.91. The van der Waals surface area contributed by atoms with Crippen molar-refractivity contribution in [2.24, 2.45) is 11.8 Å². The van der Waals surface area contributed by atoms with Crippen molar-refractivity contribution in [3.8, 4) is 5.75 Å². The minimum atomic E-state index is -4.91. The van der Waals surface area contributed by atoms with Gasteiger partial charge in [0, 0.05) is 29.2 Å². The topological polar surface area (TPSA) is 161 Å². The molecule has 18 heteroatoms. The second-order valence-corrected chi connectivity index (χ2v) is 19.4. The van der Waals surface area contributed by atoms with Crippen LogP contribution in [0.25, 0.3) is 10.9 Å². The lowest BCUT2D eigenvalue weighted by molar-refractivity contribution is -0.257. The van der Waals surface area contributed by atoms with E-state index >= 15 is 0 Å². The van der Waals surface area contributed by atoms with E-state index < -0.39 is 97.8 Å². The van der Waals surface area contributed by atoms with Gasteiger partial charge in [-0.25, -0.2) is 22.2 Å². The molecule has 0 bridgehead atoms. The van der Waals surface area contributed by atoms with Gasteiger partial charge in [0.2, 0.25) is 27.4 Å². The maximum atomic E-state index is 14.7. The zero-order valence-electron chi connectivity index (χ0n) is 32.4. The number of nitrogens with zero attached hydrogens (tertiary/aromatic N) is 2. The largest absolute Gasteiger partial charge is 0.483 e. The van der Waals surface area contributed by atoms with E-state index in [-0.39, 0.29) is 51.8 Å². The smallest absolute Gasteiger partial charge is 0.427 e. The molecule has 3 amide bonds. The fraction of sp³-hybridized carbons (Fsp3) is 0.634. The summed E-state index contributed by atoms with van der Waals surface area (Å²) in [5.74, 6) is -5.82. The first-order chi connectivity index (χ1) is 27.1. The summed E-state index contributed by atoms with van der Waals surface area (Å²) in [4.78, 5) is 61.6. The lowest BCUT2D eigenvalue weighted by Crippen LogP contribution is -2.57. The zero-order valence-corrected chi connectivity index (χ0v) is 33.2. The highest BCUT2D eigenvalue weighted by Gasteiger charge is 2.64. The van der Waals surface area contributed by atoms with Gasteiger partial charge in [-0.15, -0.1) is 0 Å². The lowest BCUT2D eigenvalue weighted by atomic mass is 9.87. The molecule has 2 saturated carbocycles. The summed E-state index contributed by atoms with van der Waals surface area (Å²) in [7, 11) is -4.12. The number of esters is 1. The summed E-state index contributed by atoms with van der Waals surface area (Å²) in [6.07, 6.45) is -2.08. The quantitative estimate of drug-likeness (QED) is 0.174. The number of carbonyl (C=O) groups is 4. The van der Waals surface area contributed by atoms with Gasteiger partial charge in [-0.1, -0.05) is 50.6 Å². The SMILES string of the molecule is C.CC(C)(OC(=O)C[C@H]1CCCCC/C=C\[C@@H]2C[C@@]2(C(=O)NS(=O)(=O)C2(C)CC2)NC(=O)[C@@H]2C[C@]3(CCc4c(c(C(F)F)nc5ccccc45)O3)CN2C1=O)C(F)(F)F. The first-order valence-electron chi connectivity index (χ1n) is 19.6. The number of halogens is 5. The van der Waals surface area contributed by atoms with Crippen molar-refractivity contribution >= 4 is 44.6 Å². The zero-order chi connectivity index (χ0) is 42.1. The van der Waals surface area contributed by atoms with Crippen LogP contribution in [0, 0.1) is 11.8 Å². The van der Waals surface area contributed by atoms with E-state index in [1.165, 1.54) is 6.92 Å². The van der Waals surface area contributed by atoms with Gasteiger partial charge in [-0.2, -0.15) is 13.2 Å². The fourth-order valence-electron chi connectivity index (χ4n) is 8.37. The van der Waals surface area contributed by atoms with E-state index in [0.29, 0.717) is 68.8 Å². The third kappa shape index (κ3) is 8.38. The second kappa shape index (κ2) is 15.6. The Bertz CT molecular complexity index is 2160. The predicted molar refractivity (Wildman–Crippen MR) is 205 cm³/mol. The minimum absolute atomic E-state index is 0. The molecule has 5 atom stereocenters. The van der Waals surface area contributed by atoms with Gasteiger partial charge in [-0.3, -0.25) is 23.9 Å². The Morgan fingerprint density at radius 2 is 1.80 bits per heavy atom. The highest BCUT2D eigenvalue weighted by atomic mass is 32.2. The standard InChI is InChI=1S/C40H47F5N4O8S.CH4/c1-36(2,40(43,44)45)56-29(50)19-23-11-7-5-4-6-8-12-24-20-39(24,35(53)48-58(54,55)37(3)17-18-37)47-33(51)28-21-38(22-49(28)34(23)52)16-15-26-25-13-9-10-14-27(25)46-30(32(41)42)31(26)57-38;/h8-10,12-14,23-24,28,32H,4-7,11,15-22H2,1-3H3,(H,47,51)(H,48,53);1H4/b12-8-;/t23-,24-,28+,38-,39-;/m1./s1. The van der Waals surface area contributed by atoms with E-state index in [0.717, 1.165) is 4.90 Å². The Kier molecular flexibility index (Phi) is 11.7. The van der Waals surface area contributed by atoms with Crippen LogP contribution in [0.1, 0.15) is 117 Å². The van der Waals surface area contributed by atoms with Crippen LogP contribution in [-0.4, -0.2) is 82.2 Å². The van der Waals surface area contributed by atoms with Crippen LogP contribution in [-0.2, 0) is 40.4 Å². The molecule has 7 rings (SSSR count). The number of benzene rings is 1. The number of hydrogen-bond acceptors (Lipinski definition) is 9. The number of fused-ring (bicyclic) bond motifs is 5. The number of allylic oxidation sites excluding steroid dienone is 1. The van der Waals surface area contributed by atoms with Gasteiger partial charge in [-0.05, 0) is 78.2 Å². The molecule has 0 radical (unpaired) electrons. The Hall–Kier alpha value is -4.35. The van der Waals surface area contributed by atoms with Gasteiger partial charge < -0.3 is 19.7 Å². The molecule has 59 heavy (non-hydrogen) atoms. The van der Waals surface area contributed by atoms with Gasteiger partial charge in [0.15, 0.2) is 5.75 Å². The van der Waals surface area contributed by atoms with E-state index in [1.54, 1.807) is 30.3 Å². The van der Waals surface area contributed by atoms with Crippen molar-refractivity contribution in [1.29, 1.82) is 0 Å². The third-order valence-electron chi connectivity index (χ3n) is 12.5. The minimum Gasteiger partial charge on any atom is -0.483 e. The number of pyridine rings is 1. The van der Waals surface area contributed by atoms with E-state index in [2.05, 4.69) is 15.0 Å². The summed E-state index contributed by atoms with van der Waals surface area (Å²) in [5, 5.41) is 3.35. The number of rotatable bonds is 7. The molecular formula is C41H51F5N4O8S. The van der Waals surface area contributed by atoms with Gasteiger partial charge in [0.25, 0.3) is 12.3 Å². The molecule has 4 heterocycles. The molecule has 2 aliphatic carbocycles. The maximum Gasteiger partial charge on any atom is 0.427 e. The molecule has 0 unspecified atom stereocenters. The molecule has 5 aliphatic rings. The number of amides is 3. The third-order valence-corrected chi connectivity index (χ3v) is 14.7. The molecule has 3 fully saturated rings. The van der Waals surface area contributed by atoms with Crippen LogP contribution >= 0.6 is 0 Å². The molecule has 1 saturated heterocycles. The van der Waals surface area contributed by atoms with Gasteiger partial charge >= 0.3 is 12.1 Å². The first kappa shape index (κ1) is 44.2. The average molecular weight is 855 g/mol. The normalized spacial score (nSPS) is 28.8. The molecule has 2 N–H and O–H groups in total. The summed E-state index contributed by atoms with van der Waals surface area (Å²) < 4.78 is 109. The molecule has 12 nitrogen and oxygen atoms in total. The molecular weight excluding hydrogens is 804 g/mol. The number of para-hydroxylation sites is 1. The molecule has 3 aliphatic heterocycles. The average Bonchev–Trinajstić information content (AvgIpc) is 4.03. The fourth-order valence-corrected chi connectivity index (χ4v) is 9.68. The summed E-state index contributed by atoms with van der Waals surface area (Å²) >= 11 is 0. The number of carbonyl (C=O) groups excluding carboxylic acids is 4. The van der Waals surface area contributed by atoms with Crippen molar-refractivity contribution in [3.63, 3.8) is 0 Å². The Balaban J connectivity index is 0.00000585. The molecule has 2 aromatic rings. The van der Waals surface area contributed by atoms with Crippen LogP contribution in [0.4, 0.5) is 22.0 Å². The van der Waals surface area contributed by atoms with Gasteiger partial charge in [0.05, 0.1) is 23.2 Å². The van der Waals surface area contributed by atoms with E-state index in [4.69, 9.17) is 9.47 Å². The maximum absolute atomic E-state index is 14.7. The van der Waals surface area contributed by atoms with Crippen LogP contribution in [0.15, 0.2) is 36.4 Å². The van der Waals surface area contributed by atoms with Crippen LogP contribution in [0.2, 0.25) is 0 Å². The van der Waals surface area contributed by atoms with Crippen LogP contribution in [0.5, 0.6) is 5.75 Å². The highest BCUT2D eigenvalue weighted by Crippen LogP contribution is 2.50. The first-order valence-corrected chi connectivity index (χ1v) is 21.1. The summed E-state index contributed by atoms with van der Waals surface area (Å²) in [5.41, 5.74) is -5.79. The van der Waals surface area contributed by atoms with E-state index in [9.17, 15) is 49.5 Å². The Labute approximate surface area is 340 Å². The van der Waals surface area contributed by atoms with E-state index in [1.807, 2.05) is 6.08 Å². The van der Waals surface area contributed by atoms with Crippen LogP contribution in [0.3, 0.4) is 0 Å². The molecule has 1 aromatic carbocycles.